The fraction of sp³-hybridized carbons (Fsp3) is 0.684. The average Bonchev–Trinajstić information content (AvgIpc) is 4.15. The smallest absolute Gasteiger partial charge is 0.246 e. The second-order valence-corrected chi connectivity index (χ2v) is 21.6. The van der Waals surface area contributed by atoms with Crippen LogP contribution in [0.25, 0.3) is 0 Å². The molecule has 4 saturated heterocycles. The van der Waals surface area contributed by atoms with E-state index in [0.717, 1.165) is 104 Å². The number of carbonyl (C=O) groups excluding carboxylic acids is 6. The molecule has 0 spiro atoms. The predicted octanol–water partition coefficient (Wildman–Crippen LogP) is 4.32. The molecule has 412 valence electrons. The van der Waals surface area contributed by atoms with Crippen molar-refractivity contribution in [2.24, 2.45) is 11.8 Å². The van der Waals surface area contributed by atoms with Gasteiger partial charge in [-0.1, -0.05) is 24.3 Å². The molecule has 8 atom stereocenters. The van der Waals surface area contributed by atoms with E-state index in [1.807, 2.05) is 24.3 Å². The zero-order valence-corrected chi connectivity index (χ0v) is 44.9. The van der Waals surface area contributed by atoms with Crippen LogP contribution < -0.4 is 41.4 Å². The molecule has 0 bridgehead atoms. The van der Waals surface area contributed by atoms with Gasteiger partial charge in [-0.3, -0.25) is 28.8 Å². The molecule has 4 aliphatic heterocycles. The number of carbonyl (C=O) groups is 6. The van der Waals surface area contributed by atoms with E-state index in [1.54, 1.807) is 37.7 Å². The van der Waals surface area contributed by atoms with E-state index < -0.39 is 36.3 Å². The summed E-state index contributed by atoms with van der Waals surface area (Å²) in [5.74, 6) is 0.398. The Morgan fingerprint density at radius 2 is 0.973 bits per heavy atom. The molecule has 1 unspecified atom stereocenters. The van der Waals surface area contributed by atoms with Crippen molar-refractivity contribution in [3.8, 4) is 11.5 Å². The third kappa shape index (κ3) is 13.8. The maximum Gasteiger partial charge on any atom is 0.246 e. The summed E-state index contributed by atoms with van der Waals surface area (Å²) in [6.45, 7) is 7.74. The van der Waals surface area contributed by atoms with Gasteiger partial charge in [0.1, 0.15) is 35.7 Å². The Bertz CT molecular complexity index is 2130. The summed E-state index contributed by atoms with van der Waals surface area (Å²) in [6.07, 6.45) is 13.0. The molecule has 4 heterocycles. The lowest BCUT2D eigenvalue weighted by Gasteiger charge is -2.35. The summed E-state index contributed by atoms with van der Waals surface area (Å²) in [5, 5.41) is 18.6. The first-order valence-electron chi connectivity index (χ1n) is 28.3. The number of unbranched alkanes of at least 4 members (excludes halogenated alkanes) is 2. The maximum atomic E-state index is 14.2. The van der Waals surface area contributed by atoms with Gasteiger partial charge in [-0.2, -0.15) is 0 Å². The Balaban J connectivity index is 0.801. The third-order valence-electron chi connectivity index (χ3n) is 16.8. The molecule has 2 aromatic rings. The summed E-state index contributed by atoms with van der Waals surface area (Å²) in [7, 11) is 3.43. The molecule has 8 rings (SSSR count). The minimum atomic E-state index is -0.715. The lowest BCUT2D eigenvalue weighted by atomic mass is 9.86. The van der Waals surface area contributed by atoms with Crippen LogP contribution in [0.2, 0.25) is 0 Å². The molecule has 6 N–H and O–H groups in total. The van der Waals surface area contributed by atoms with Crippen LogP contribution in [0, 0.1) is 11.8 Å². The molecule has 75 heavy (non-hydrogen) atoms. The van der Waals surface area contributed by atoms with Crippen LogP contribution in [0.1, 0.15) is 144 Å². The minimum absolute atomic E-state index is 0.0615. The highest BCUT2D eigenvalue weighted by Crippen LogP contribution is 2.38. The van der Waals surface area contributed by atoms with Gasteiger partial charge < -0.3 is 60.6 Å². The molecule has 18 nitrogen and oxygen atoms in total. The number of hydrogen-bond acceptors (Lipinski definition) is 12. The predicted molar refractivity (Wildman–Crippen MR) is 283 cm³/mol. The van der Waals surface area contributed by atoms with Crippen molar-refractivity contribution in [1.82, 2.24) is 41.7 Å². The van der Waals surface area contributed by atoms with Gasteiger partial charge in [0.05, 0.1) is 37.4 Å². The lowest BCUT2D eigenvalue weighted by molar-refractivity contribution is -0.144. The highest BCUT2D eigenvalue weighted by molar-refractivity contribution is 5.95. The molecule has 0 radical (unpaired) electrons. The van der Waals surface area contributed by atoms with Gasteiger partial charge in [-0.15, -0.1) is 0 Å². The first-order valence-corrected chi connectivity index (χ1v) is 28.3. The topological polar surface area (TPSA) is 218 Å². The van der Waals surface area contributed by atoms with Gasteiger partial charge in [0.2, 0.25) is 35.4 Å². The summed E-state index contributed by atoms with van der Waals surface area (Å²) < 4.78 is 24.0. The normalized spacial score (nSPS) is 23.7. The molecule has 2 aromatic carbocycles. The number of ether oxygens (including phenoxy) is 4. The van der Waals surface area contributed by atoms with Crippen LogP contribution in [-0.4, -0.2) is 148 Å². The van der Waals surface area contributed by atoms with Crippen molar-refractivity contribution in [3.05, 3.63) is 58.7 Å². The van der Waals surface area contributed by atoms with E-state index in [4.69, 9.17) is 18.9 Å². The van der Waals surface area contributed by atoms with E-state index in [2.05, 4.69) is 44.0 Å². The van der Waals surface area contributed by atoms with Crippen LogP contribution in [0.5, 0.6) is 11.5 Å². The zero-order valence-electron chi connectivity index (χ0n) is 44.9. The average molecular weight is 1040 g/mol. The number of likely N-dealkylation sites (tertiary alicyclic amines) is 2. The van der Waals surface area contributed by atoms with E-state index in [-0.39, 0.29) is 59.4 Å². The number of likely N-dealkylation sites (N-methyl/N-ethyl adjacent to an activating group) is 2. The van der Waals surface area contributed by atoms with Gasteiger partial charge in [0, 0.05) is 39.5 Å². The SMILES string of the molecule is CN[C@@H](C)C(=O)NC(C(=O)N1CCC[C@H]1C(=O)N[C@@H]1CCCc2c(OCCCCCOc3cccc4c3CCC[C@H]4NC(=O)[C@@H]3CCCN3C(=O)[C@@H](NC(=O)[C@H](C)NC)C3CCOCC3)cccc21)C1CCOCC1. The zero-order chi connectivity index (χ0) is 52.8. The summed E-state index contributed by atoms with van der Waals surface area (Å²) in [5.41, 5.74) is 4.36. The number of fused-ring (bicyclic) bond motifs is 2. The molecule has 18 heteroatoms. The highest BCUT2D eigenvalue weighted by atomic mass is 16.5. The van der Waals surface area contributed by atoms with Crippen LogP contribution >= 0.6 is 0 Å². The van der Waals surface area contributed by atoms with Gasteiger partial charge in [-0.25, -0.2) is 0 Å². The molecule has 2 aliphatic carbocycles. The number of nitrogens with zero attached hydrogens (tertiary/aromatic N) is 2. The standard InChI is InChI=1S/C57H84N8O10/c1-36(58-3)52(66)62-50(38-24-32-72-33-25-38)56(70)64-28-12-20-46(64)54(68)60-44-18-8-16-42-40(44)14-10-22-48(42)74-30-6-5-7-31-75-49-23-11-15-41-43(49)17-9-19-45(41)61-55(69)47-21-13-29-65(47)57(71)51(39-26-34-73-35-27-39)63-53(67)37(2)59-4/h10-11,14-15,22-23,36-39,44-47,50-51,58-59H,5-9,12-13,16-21,24-35H2,1-4H3,(H,60,68)(H,61,69)(H,62,66)(H,63,67)/t36-,37-,44+,45+,46-,47-,50-,51?/m0/s1. The third-order valence-corrected chi connectivity index (χ3v) is 16.8. The second-order valence-electron chi connectivity index (χ2n) is 21.6. The number of rotatable bonds is 22. The van der Waals surface area contributed by atoms with E-state index in [9.17, 15) is 28.8 Å². The fourth-order valence-corrected chi connectivity index (χ4v) is 12.1. The van der Waals surface area contributed by atoms with Crippen molar-refractivity contribution < 1.29 is 47.7 Å². The largest absolute Gasteiger partial charge is 0.493 e. The van der Waals surface area contributed by atoms with Gasteiger partial charge in [0.15, 0.2) is 0 Å². The van der Waals surface area contributed by atoms with Crippen LogP contribution in [0.4, 0.5) is 0 Å². The lowest BCUT2D eigenvalue weighted by Crippen LogP contribution is -2.58. The minimum Gasteiger partial charge on any atom is -0.493 e. The number of amides is 6. The second kappa shape index (κ2) is 27.1. The molecular weight excluding hydrogens is 957 g/mol. The van der Waals surface area contributed by atoms with Crippen LogP contribution in [0.15, 0.2) is 36.4 Å². The Morgan fingerprint density at radius 3 is 1.37 bits per heavy atom. The van der Waals surface area contributed by atoms with Gasteiger partial charge in [-0.05, 0) is 183 Å². The van der Waals surface area contributed by atoms with Gasteiger partial charge >= 0.3 is 0 Å². The first-order chi connectivity index (χ1) is 36.5. The van der Waals surface area contributed by atoms with Crippen molar-refractivity contribution in [3.63, 3.8) is 0 Å². The van der Waals surface area contributed by atoms with Crippen molar-refractivity contribution >= 4 is 35.4 Å². The molecular formula is C57H84N8O10. The van der Waals surface area contributed by atoms with Crippen LogP contribution in [0.3, 0.4) is 0 Å². The van der Waals surface area contributed by atoms with E-state index >= 15 is 0 Å². The Morgan fingerprint density at radius 1 is 0.560 bits per heavy atom. The quantitative estimate of drug-likeness (QED) is 0.0910. The summed E-state index contributed by atoms with van der Waals surface area (Å²) in [6, 6.07) is 8.22. The Hall–Kier alpha value is -5.30. The molecule has 4 fully saturated rings. The highest BCUT2D eigenvalue weighted by Gasteiger charge is 2.44. The summed E-state index contributed by atoms with van der Waals surface area (Å²) >= 11 is 0. The number of benzene rings is 2. The molecule has 6 aliphatic rings. The monoisotopic (exact) mass is 1040 g/mol. The Labute approximate surface area is 443 Å². The van der Waals surface area contributed by atoms with E-state index in [0.29, 0.717) is 91.3 Å². The number of hydrogen-bond donors (Lipinski definition) is 6. The maximum absolute atomic E-state index is 14.2. The van der Waals surface area contributed by atoms with Crippen molar-refractivity contribution in [1.29, 1.82) is 0 Å². The fourth-order valence-electron chi connectivity index (χ4n) is 12.1. The van der Waals surface area contributed by atoms with Crippen molar-refractivity contribution in [2.75, 3.05) is 66.8 Å². The first kappa shape index (κ1) is 55.9. The van der Waals surface area contributed by atoms with Crippen LogP contribution in [-0.2, 0) is 51.1 Å². The Kier molecular flexibility index (Phi) is 20.2. The van der Waals surface area contributed by atoms with Gasteiger partial charge in [0.25, 0.3) is 0 Å². The van der Waals surface area contributed by atoms with E-state index in [1.165, 1.54) is 0 Å². The molecule has 0 saturated carbocycles. The summed E-state index contributed by atoms with van der Waals surface area (Å²) in [4.78, 5) is 86.1. The number of nitrogens with one attached hydrogen (secondary N) is 6. The molecule has 0 aromatic heterocycles. The van der Waals surface area contributed by atoms with Crippen molar-refractivity contribution in [2.45, 2.75) is 171 Å². The molecule has 6 amide bonds.